The van der Waals surface area contributed by atoms with Crippen LogP contribution in [-0.2, 0) is 4.74 Å². The summed E-state index contributed by atoms with van der Waals surface area (Å²) in [5, 5.41) is 8.34. The molecule has 18 heavy (non-hydrogen) atoms. The summed E-state index contributed by atoms with van der Waals surface area (Å²) in [6.45, 7) is -0.671. The number of halogens is 9. The van der Waals surface area contributed by atoms with Crippen molar-refractivity contribution in [3.05, 3.63) is 0 Å². The third-order valence-electron chi connectivity index (χ3n) is 1.89. The molecule has 1 unspecified atom stereocenters. The van der Waals surface area contributed by atoms with Gasteiger partial charge in [-0.25, -0.2) is 13.2 Å². The highest BCUT2D eigenvalue weighted by molar-refractivity contribution is 4.90. The smallest absolute Gasteiger partial charge is 0.351 e. The molecule has 0 amide bonds. The minimum atomic E-state index is -6.55. The van der Waals surface area contributed by atoms with E-state index in [4.69, 9.17) is 5.11 Å². The van der Waals surface area contributed by atoms with Gasteiger partial charge in [-0.2, -0.15) is 26.3 Å². The van der Waals surface area contributed by atoms with Gasteiger partial charge in [0.05, 0.1) is 0 Å². The van der Waals surface area contributed by atoms with Crippen LogP contribution >= 0.6 is 0 Å². The fraction of sp³-hybridized carbons (Fsp3) is 1.00. The average Bonchev–Trinajstić information content (AvgIpc) is 1.95. The zero-order valence-electron chi connectivity index (χ0n) is 8.76. The summed E-state index contributed by atoms with van der Waals surface area (Å²) in [6, 6.07) is 0. The third kappa shape index (κ3) is 2.99. The van der Waals surface area contributed by atoms with Gasteiger partial charge in [0, 0.05) is 13.8 Å². The van der Waals surface area contributed by atoms with E-state index in [0.29, 0.717) is 0 Å². The van der Waals surface area contributed by atoms with E-state index in [0.717, 1.165) is 0 Å². The lowest BCUT2D eigenvalue weighted by Crippen LogP contribution is -2.63. The summed E-state index contributed by atoms with van der Waals surface area (Å²) < 4.78 is 113. The molecular weight excluding hydrogens is 287 g/mol. The summed E-state index contributed by atoms with van der Waals surface area (Å²) >= 11 is 0. The molecule has 0 radical (unpaired) electrons. The number of aliphatic hydroxyl groups is 1. The fourth-order valence-corrected chi connectivity index (χ4v) is 0.643. The maximum absolute atomic E-state index is 13.0. The maximum atomic E-state index is 13.0. The van der Waals surface area contributed by atoms with Crippen LogP contribution in [0.4, 0.5) is 39.5 Å². The molecule has 0 saturated heterocycles. The minimum absolute atomic E-state index is 0.305. The van der Waals surface area contributed by atoms with Crippen molar-refractivity contribution < 1.29 is 49.4 Å². The van der Waals surface area contributed by atoms with Crippen molar-refractivity contribution >= 4 is 0 Å². The summed E-state index contributed by atoms with van der Waals surface area (Å²) in [5.41, 5.74) is 0. The highest BCUT2D eigenvalue weighted by Crippen LogP contribution is 2.48. The monoisotopic (exact) mass is 294 g/mol. The summed E-state index contributed by atoms with van der Waals surface area (Å²) in [6.07, 6.45) is -13.1. The molecule has 110 valence electrons. The van der Waals surface area contributed by atoms with Crippen LogP contribution < -0.4 is 0 Å². The molecule has 0 aliphatic carbocycles. The molecule has 0 spiro atoms. The van der Waals surface area contributed by atoms with Gasteiger partial charge in [0.2, 0.25) is 0 Å². The first-order chi connectivity index (χ1) is 7.46. The molecule has 11 heteroatoms. The molecule has 0 aliphatic heterocycles. The second-order valence-electron chi connectivity index (χ2n) is 3.55. The van der Waals surface area contributed by atoms with Crippen molar-refractivity contribution in [2.24, 2.45) is 0 Å². The average molecular weight is 294 g/mol. The van der Waals surface area contributed by atoms with Crippen LogP contribution in [-0.4, -0.2) is 35.0 Å². The lowest BCUT2D eigenvalue weighted by molar-refractivity contribution is -0.499. The van der Waals surface area contributed by atoms with Crippen molar-refractivity contribution in [1.82, 2.24) is 0 Å². The van der Waals surface area contributed by atoms with Gasteiger partial charge in [-0.1, -0.05) is 0 Å². The van der Waals surface area contributed by atoms with Crippen LogP contribution in [0.15, 0.2) is 0 Å². The number of hydrogen-bond acceptors (Lipinski definition) is 2. The zero-order valence-corrected chi connectivity index (χ0v) is 8.76. The number of alkyl halides is 9. The Balaban J connectivity index is 5.58. The van der Waals surface area contributed by atoms with Crippen LogP contribution in [0.25, 0.3) is 0 Å². The van der Waals surface area contributed by atoms with E-state index < -0.39 is 29.9 Å². The predicted molar refractivity (Wildman–Crippen MR) is 38.3 cm³/mol. The van der Waals surface area contributed by atoms with Crippen molar-refractivity contribution in [3.63, 3.8) is 0 Å². The first-order valence-corrected chi connectivity index (χ1v) is 4.08. The molecule has 2 nitrogen and oxygen atoms in total. The topological polar surface area (TPSA) is 29.5 Å². The molecule has 0 heterocycles. The lowest BCUT2D eigenvalue weighted by atomic mass is 10.1. The Morgan fingerprint density at radius 2 is 1.00 bits per heavy atom. The third-order valence-corrected chi connectivity index (χ3v) is 1.89. The Kier molecular flexibility index (Phi) is 3.99. The van der Waals surface area contributed by atoms with Gasteiger partial charge in [-0.3, -0.25) is 4.74 Å². The largest absolute Gasteiger partial charge is 0.453 e. The molecule has 0 aromatic rings. The van der Waals surface area contributed by atoms with E-state index in [2.05, 4.69) is 4.74 Å². The molecular formula is C7H7F9O2. The van der Waals surface area contributed by atoms with Crippen molar-refractivity contribution in [3.8, 4) is 0 Å². The molecule has 1 N–H and O–H groups in total. The number of ether oxygens (including phenoxy) is 1. The maximum Gasteiger partial charge on any atom is 0.453 e. The Labute approximate surface area is 94.3 Å². The lowest BCUT2D eigenvalue weighted by Gasteiger charge is -2.38. The Bertz CT molecular complexity index is 284. The van der Waals surface area contributed by atoms with E-state index in [1.165, 1.54) is 0 Å². The van der Waals surface area contributed by atoms with Crippen molar-refractivity contribution in [2.45, 2.75) is 43.8 Å². The molecule has 0 rings (SSSR count). The highest BCUT2D eigenvalue weighted by Gasteiger charge is 2.76. The number of rotatable bonds is 3. The van der Waals surface area contributed by atoms with Crippen LogP contribution in [0.3, 0.4) is 0 Å². The zero-order chi connectivity index (χ0) is 15.2. The standard InChI is InChI=1S/C7H7F9O2/c1-3(8,9)4(2,10)18-5(17,6(11,12)13)7(14,15)16/h17H,1-2H3. The van der Waals surface area contributed by atoms with Gasteiger partial charge >= 0.3 is 24.1 Å². The second kappa shape index (κ2) is 4.15. The molecule has 0 aromatic carbocycles. The molecule has 0 saturated carbocycles. The van der Waals surface area contributed by atoms with E-state index in [9.17, 15) is 39.5 Å². The Morgan fingerprint density at radius 3 is 1.17 bits per heavy atom. The summed E-state index contributed by atoms with van der Waals surface area (Å²) in [7, 11) is 0. The van der Waals surface area contributed by atoms with Crippen molar-refractivity contribution in [2.75, 3.05) is 0 Å². The molecule has 0 aliphatic rings. The van der Waals surface area contributed by atoms with Gasteiger partial charge in [-0.05, 0) is 0 Å². The van der Waals surface area contributed by atoms with E-state index in [1.54, 1.807) is 0 Å². The van der Waals surface area contributed by atoms with E-state index in [-0.39, 0.29) is 13.8 Å². The van der Waals surface area contributed by atoms with Gasteiger partial charge in [0.25, 0.3) is 5.85 Å². The SMILES string of the molecule is CC(F)(F)C(C)(F)OC(O)(C(F)(F)F)C(F)(F)F. The van der Waals surface area contributed by atoms with Crippen LogP contribution in [0.1, 0.15) is 13.8 Å². The minimum Gasteiger partial charge on any atom is -0.351 e. The Morgan fingerprint density at radius 1 is 0.722 bits per heavy atom. The highest BCUT2D eigenvalue weighted by atomic mass is 19.4. The molecule has 1 atom stereocenters. The first kappa shape index (κ1) is 17.3. The van der Waals surface area contributed by atoms with Gasteiger partial charge in [0.15, 0.2) is 0 Å². The van der Waals surface area contributed by atoms with Gasteiger partial charge < -0.3 is 5.11 Å². The summed E-state index contributed by atoms with van der Waals surface area (Å²) in [5.74, 6) is -15.4. The molecule has 0 aromatic heterocycles. The molecule has 0 fully saturated rings. The number of hydrogen-bond donors (Lipinski definition) is 1. The van der Waals surface area contributed by atoms with E-state index >= 15 is 0 Å². The first-order valence-electron chi connectivity index (χ1n) is 4.08. The van der Waals surface area contributed by atoms with Crippen molar-refractivity contribution in [1.29, 1.82) is 0 Å². The normalized spacial score (nSPS) is 18.7. The Hall–Kier alpha value is -0.710. The molecule has 0 bridgehead atoms. The van der Waals surface area contributed by atoms with Crippen LogP contribution in [0.2, 0.25) is 0 Å². The second-order valence-corrected chi connectivity index (χ2v) is 3.55. The van der Waals surface area contributed by atoms with Crippen LogP contribution in [0.5, 0.6) is 0 Å². The predicted octanol–water partition coefficient (Wildman–Crippen LogP) is 3.16. The van der Waals surface area contributed by atoms with Crippen LogP contribution in [0, 0.1) is 0 Å². The fourth-order valence-electron chi connectivity index (χ4n) is 0.643. The summed E-state index contributed by atoms with van der Waals surface area (Å²) in [4.78, 5) is 0. The van der Waals surface area contributed by atoms with E-state index in [1.807, 2.05) is 0 Å². The van der Waals surface area contributed by atoms with Gasteiger partial charge in [-0.15, -0.1) is 0 Å². The van der Waals surface area contributed by atoms with Gasteiger partial charge in [0.1, 0.15) is 0 Å². The quantitative estimate of drug-likeness (QED) is 0.640.